The summed E-state index contributed by atoms with van der Waals surface area (Å²) >= 11 is 0. The van der Waals surface area contributed by atoms with Gasteiger partial charge in [0.15, 0.2) is 0 Å². The molecule has 2 N–H and O–H groups in total. The van der Waals surface area contributed by atoms with Gasteiger partial charge in [0.25, 0.3) is 0 Å². The van der Waals surface area contributed by atoms with E-state index < -0.39 is 0 Å². The SMILES string of the molecule is C=C/C(N)=C(\C)F. The van der Waals surface area contributed by atoms with Gasteiger partial charge in [-0.15, -0.1) is 0 Å². The van der Waals surface area contributed by atoms with Crippen molar-refractivity contribution in [1.82, 2.24) is 0 Å². The summed E-state index contributed by atoms with van der Waals surface area (Å²) < 4.78 is 11.8. The average Bonchev–Trinajstić information content (AvgIpc) is 1.65. The Labute approximate surface area is 42.3 Å². The van der Waals surface area contributed by atoms with Gasteiger partial charge in [-0.1, -0.05) is 6.58 Å². The van der Waals surface area contributed by atoms with Crippen LogP contribution < -0.4 is 5.73 Å². The Kier molecular flexibility index (Phi) is 2.12. The molecule has 7 heavy (non-hydrogen) atoms. The third-order valence-electron chi connectivity index (χ3n) is 0.618. The Balaban J connectivity index is 3.98. The van der Waals surface area contributed by atoms with Crippen LogP contribution >= 0.6 is 0 Å². The van der Waals surface area contributed by atoms with E-state index >= 15 is 0 Å². The third kappa shape index (κ3) is 1.98. The highest BCUT2D eigenvalue weighted by Crippen LogP contribution is 1.97. The van der Waals surface area contributed by atoms with Gasteiger partial charge in [-0.2, -0.15) is 0 Å². The summed E-state index contributed by atoms with van der Waals surface area (Å²) in [6.45, 7) is 4.55. The molecule has 0 saturated carbocycles. The van der Waals surface area contributed by atoms with Crippen molar-refractivity contribution in [1.29, 1.82) is 0 Å². The third-order valence-corrected chi connectivity index (χ3v) is 0.618. The predicted molar refractivity (Wildman–Crippen MR) is 28.2 cm³/mol. The molecule has 0 radical (unpaired) electrons. The summed E-state index contributed by atoms with van der Waals surface area (Å²) in [6, 6.07) is 0. The van der Waals surface area contributed by atoms with Crippen LogP contribution in [0.3, 0.4) is 0 Å². The minimum Gasteiger partial charge on any atom is -0.397 e. The van der Waals surface area contributed by atoms with Crippen LogP contribution in [0, 0.1) is 0 Å². The quantitative estimate of drug-likeness (QED) is 0.495. The molecule has 0 spiro atoms. The minimum atomic E-state index is -0.380. The molecule has 0 aliphatic carbocycles. The van der Waals surface area contributed by atoms with Crippen molar-refractivity contribution in [3.8, 4) is 0 Å². The molecule has 0 aliphatic rings. The zero-order chi connectivity index (χ0) is 5.86. The van der Waals surface area contributed by atoms with Crippen LogP contribution in [0.15, 0.2) is 24.2 Å². The van der Waals surface area contributed by atoms with Crippen molar-refractivity contribution in [2.75, 3.05) is 0 Å². The summed E-state index contributed by atoms with van der Waals surface area (Å²) in [6.07, 6.45) is 1.27. The Bertz CT molecular complexity index is 101. The zero-order valence-corrected chi connectivity index (χ0v) is 4.24. The van der Waals surface area contributed by atoms with E-state index in [4.69, 9.17) is 5.73 Å². The van der Waals surface area contributed by atoms with Crippen molar-refractivity contribution < 1.29 is 4.39 Å². The maximum absolute atomic E-state index is 11.8. The molecule has 0 heterocycles. The number of hydrogen-bond acceptors (Lipinski definition) is 1. The van der Waals surface area contributed by atoms with Gasteiger partial charge in [-0.3, -0.25) is 0 Å². The fourth-order valence-corrected chi connectivity index (χ4v) is 0.141. The molecular formula is C5H8FN. The molecule has 0 amide bonds. The van der Waals surface area contributed by atoms with Gasteiger partial charge in [0.05, 0.1) is 5.70 Å². The Morgan fingerprint density at radius 2 is 2.29 bits per heavy atom. The van der Waals surface area contributed by atoms with Gasteiger partial charge in [0, 0.05) is 0 Å². The smallest absolute Gasteiger partial charge is 0.120 e. The number of nitrogens with two attached hydrogens (primary N) is 1. The molecule has 40 valence electrons. The maximum Gasteiger partial charge on any atom is 0.120 e. The number of hydrogen-bond donors (Lipinski definition) is 1. The topological polar surface area (TPSA) is 26.0 Å². The molecule has 0 aromatic heterocycles. The second kappa shape index (κ2) is 2.39. The second-order valence-electron chi connectivity index (χ2n) is 1.19. The van der Waals surface area contributed by atoms with E-state index in [1.165, 1.54) is 13.0 Å². The molecule has 0 aliphatic heterocycles. The average molecular weight is 101 g/mol. The molecule has 0 aromatic carbocycles. The van der Waals surface area contributed by atoms with Gasteiger partial charge >= 0.3 is 0 Å². The lowest BCUT2D eigenvalue weighted by atomic mass is 10.4. The van der Waals surface area contributed by atoms with E-state index in [1.54, 1.807) is 0 Å². The highest BCUT2D eigenvalue weighted by Gasteiger charge is 1.85. The molecule has 0 bridgehead atoms. The highest BCUT2D eigenvalue weighted by atomic mass is 19.1. The molecule has 0 fully saturated rings. The van der Waals surface area contributed by atoms with Crippen LogP contribution in [0.4, 0.5) is 4.39 Å². The van der Waals surface area contributed by atoms with Crippen LogP contribution in [-0.4, -0.2) is 0 Å². The van der Waals surface area contributed by atoms with E-state index in [-0.39, 0.29) is 11.5 Å². The molecule has 0 atom stereocenters. The lowest BCUT2D eigenvalue weighted by molar-refractivity contribution is 0.630. The molecule has 0 saturated heterocycles. The van der Waals surface area contributed by atoms with E-state index in [1.807, 2.05) is 0 Å². The van der Waals surface area contributed by atoms with Gasteiger partial charge in [0.1, 0.15) is 5.83 Å². The summed E-state index contributed by atoms with van der Waals surface area (Å²) in [7, 11) is 0. The van der Waals surface area contributed by atoms with E-state index in [2.05, 4.69) is 6.58 Å². The summed E-state index contributed by atoms with van der Waals surface area (Å²) in [4.78, 5) is 0. The van der Waals surface area contributed by atoms with Crippen molar-refractivity contribution in [3.63, 3.8) is 0 Å². The monoisotopic (exact) mass is 101 g/mol. The van der Waals surface area contributed by atoms with Crippen molar-refractivity contribution in [3.05, 3.63) is 24.2 Å². The lowest BCUT2D eigenvalue weighted by Gasteiger charge is -1.86. The van der Waals surface area contributed by atoms with E-state index in [9.17, 15) is 4.39 Å². The first kappa shape index (κ1) is 6.21. The number of rotatable bonds is 1. The molecule has 0 rings (SSSR count). The molecule has 1 nitrogen and oxygen atoms in total. The lowest BCUT2D eigenvalue weighted by Crippen LogP contribution is -1.92. The van der Waals surface area contributed by atoms with Gasteiger partial charge in [-0.25, -0.2) is 4.39 Å². The van der Waals surface area contributed by atoms with Gasteiger partial charge < -0.3 is 5.73 Å². The standard InChI is InChI=1S/C5H8FN/c1-3-5(7)4(2)6/h3H,1,7H2,2H3/b5-4-. The minimum absolute atomic E-state index is 0.111. The van der Waals surface area contributed by atoms with Crippen molar-refractivity contribution >= 4 is 0 Å². The van der Waals surface area contributed by atoms with Crippen LogP contribution in [0.25, 0.3) is 0 Å². The van der Waals surface area contributed by atoms with E-state index in [0.29, 0.717) is 0 Å². The van der Waals surface area contributed by atoms with Crippen LogP contribution in [0.1, 0.15) is 6.92 Å². The first-order valence-corrected chi connectivity index (χ1v) is 1.92. The Morgan fingerprint density at radius 3 is 2.29 bits per heavy atom. The second-order valence-corrected chi connectivity index (χ2v) is 1.19. The number of halogens is 1. The fraction of sp³-hybridized carbons (Fsp3) is 0.200. The Hall–Kier alpha value is -0.790. The predicted octanol–water partition coefficient (Wildman–Crippen LogP) is 1.33. The van der Waals surface area contributed by atoms with Crippen LogP contribution in [0.5, 0.6) is 0 Å². The van der Waals surface area contributed by atoms with Crippen LogP contribution in [0.2, 0.25) is 0 Å². The molecule has 2 heteroatoms. The normalized spacial score (nSPS) is 12.9. The summed E-state index contributed by atoms with van der Waals surface area (Å²) in [5, 5.41) is 0. The maximum atomic E-state index is 11.8. The molecular weight excluding hydrogens is 93.1 g/mol. The van der Waals surface area contributed by atoms with Gasteiger partial charge in [-0.05, 0) is 13.0 Å². The fourth-order valence-electron chi connectivity index (χ4n) is 0.141. The van der Waals surface area contributed by atoms with Crippen molar-refractivity contribution in [2.24, 2.45) is 5.73 Å². The number of allylic oxidation sites excluding steroid dienone is 2. The summed E-state index contributed by atoms with van der Waals surface area (Å²) in [5.74, 6) is -0.380. The van der Waals surface area contributed by atoms with Crippen LogP contribution in [-0.2, 0) is 0 Å². The Morgan fingerprint density at radius 1 is 1.86 bits per heavy atom. The van der Waals surface area contributed by atoms with Crippen molar-refractivity contribution in [2.45, 2.75) is 6.92 Å². The highest BCUT2D eigenvalue weighted by molar-refractivity contribution is 5.13. The first-order chi connectivity index (χ1) is 3.18. The zero-order valence-electron chi connectivity index (χ0n) is 4.24. The molecule has 0 unspecified atom stereocenters. The van der Waals surface area contributed by atoms with Gasteiger partial charge in [0.2, 0.25) is 0 Å². The largest absolute Gasteiger partial charge is 0.397 e. The first-order valence-electron chi connectivity index (χ1n) is 1.92. The molecule has 0 aromatic rings. The van der Waals surface area contributed by atoms with E-state index in [0.717, 1.165) is 0 Å². The summed E-state index contributed by atoms with van der Waals surface area (Å²) in [5.41, 5.74) is 5.11.